The summed E-state index contributed by atoms with van der Waals surface area (Å²) in [6, 6.07) is 1.45. The molecule has 0 saturated carbocycles. The molecule has 11 heteroatoms. The molecule has 1 saturated heterocycles. The Bertz CT molecular complexity index is 1170. The molecule has 0 unspecified atom stereocenters. The fourth-order valence-electron chi connectivity index (χ4n) is 3.92. The first kappa shape index (κ1) is 23.8. The van der Waals surface area contributed by atoms with E-state index < -0.39 is 23.7 Å². The molecule has 2 atom stereocenters. The molecule has 3 aromatic heterocycles. The molecule has 10 nitrogen and oxygen atoms in total. The topological polar surface area (TPSA) is 112 Å². The normalized spacial score (nSPS) is 18.2. The van der Waals surface area contributed by atoms with Crippen LogP contribution in [0.5, 0.6) is 0 Å². The van der Waals surface area contributed by atoms with Crippen LogP contribution in [0.3, 0.4) is 0 Å². The Labute approximate surface area is 202 Å². The highest BCUT2D eigenvalue weighted by atomic mass is 32.1. The number of aromatic nitrogens is 5. The van der Waals surface area contributed by atoms with Gasteiger partial charge in [-0.05, 0) is 47.1 Å². The molecule has 0 bridgehead atoms. The van der Waals surface area contributed by atoms with Crippen molar-refractivity contribution in [1.82, 2.24) is 29.4 Å². The predicted molar refractivity (Wildman–Crippen MR) is 125 cm³/mol. The van der Waals surface area contributed by atoms with Gasteiger partial charge < -0.3 is 9.47 Å². The van der Waals surface area contributed by atoms with Crippen LogP contribution in [0.15, 0.2) is 30.2 Å². The van der Waals surface area contributed by atoms with Gasteiger partial charge in [0.05, 0.1) is 23.4 Å². The number of carbonyl (C=O) groups is 2. The van der Waals surface area contributed by atoms with Gasteiger partial charge in [0.15, 0.2) is 5.69 Å². The molecule has 0 N–H and O–H groups in total. The number of hydrogen-bond acceptors (Lipinski definition) is 9. The summed E-state index contributed by atoms with van der Waals surface area (Å²) in [5.74, 6) is -0.150. The van der Waals surface area contributed by atoms with Gasteiger partial charge in [-0.15, -0.1) is 11.3 Å². The van der Waals surface area contributed by atoms with Gasteiger partial charge in [0.25, 0.3) is 0 Å². The van der Waals surface area contributed by atoms with Crippen molar-refractivity contribution >= 4 is 23.4 Å². The number of nitrogens with zero attached hydrogens (tertiary/aromatic N) is 6. The van der Waals surface area contributed by atoms with E-state index in [1.54, 1.807) is 40.5 Å². The van der Waals surface area contributed by atoms with E-state index in [1.807, 2.05) is 33.8 Å². The summed E-state index contributed by atoms with van der Waals surface area (Å²) in [7, 11) is 0. The lowest BCUT2D eigenvalue weighted by Gasteiger charge is -2.30. The Balaban J connectivity index is 1.74. The van der Waals surface area contributed by atoms with Crippen molar-refractivity contribution in [3.63, 3.8) is 0 Å². The third-order valence-electron chi connectivity index (χ3n) is 5.25. The summed E-state index contributed by atoms with van der Waals surface area (Å²) in [4.78, 5) is 45.0. The Morgan fingerprint density at radius 3 is 2.71 bits per heavy atom. The van der Waals surface area contributed by atoms with Gasteiger partial charge >= 0.3 is 12.1 Å². The maximum absolute atomic E-state index is 13.2. The van der Waals surface area contributed by atoms with Crippen molar-refractivity contribution in [3.8, 4) is 5.95 Å². The van der Waals surface area contributed by atoms with Crippen LogP contribution < -0.4 is 0 Å². The van der Waals surface area contributed by atoms with E-state index in [0.29, 0.717) is 24.6 Å². The third kappa shape index (κ3) is 5.09. The van der Waals surface area contributed by atoms with Gasteiger partial charge in [0, 0.05) is 35.9 Å². The van der Waals surface area contributed by atoms with Crippen LogP contribution in [0.1, 0.15) is 73.0 Å². The Kier molecular flexibility index (Phi) is 6.65. The first-order chi connectivity index (χ1) is 16.2. The molecule has 0 radical (unpaired) electrons. The van der Waals surface area contributed by atoms with Crippen LogP contribution >= 0.6 is 11.3 Å². The summed E-state index contributed by atoms with van der Waals surface area (Å²) < 4.78 is 12.5. The van der Waals surface area contributed by atoms with Crippen LogP contribution in [0.4, 0.5) is 4.79 Å². The minimum Gasteiger partial charge on any atom is -0.461 e. The van der Waals surface area contributed by atoms with Crippen LogP contribution in [0, 0.1) is 6.92 Å². The van der Waals surface area contributed by atoms with Crippen LogP contribution in [0.2, 0.25) is 0 Å². The van der Waals surface area contributed by atoms with Crippen molar-refractivity contribution in [2.24, 2.45) is 0 Å². The molecule has 1 fully saturated rings. The number of likely N-dealkylation sites (tertiary alicyclic amines) is 1. The fourth-order valence-corrected chi connectivity index (χ4v) is 4.87. The number of thiazole rings is 1. The molecule has 0 spiro atoms. The van der Waals surface area contributed by atoms with Crippen molar-refractivity contribution in [1.29, 1.82) is 0 Å². The van der Waals surface area contributed by atoms with Gasteiger partial charge in [-0.1, -0.05) is 0 Å². The number of rotatable bonds is 5. The minimum atomic E-state index is -0.637. The summed E-state index contributed by atoms with van der Waals surface area (Å²) in [6.45, 7) is 9.91. The van der Waals surface area contributed by atoms with Gasteiger partial charge in [-0.25, -0.2) is 29.5 Å². The monoisotopic (exact) mass is 484 g/mol. The lowest BCUT2D eigenvalue weighted by atomic mass is 9.97. The van der Waals surface area contributed by atoms with E-state index in [-0.39, 0.29) is 18.2 Å². The zero-order valence-electron chi connectivity index (χ0n) is 19.9. The molecular weight excluding hydrogens is 456 g/mol. The van der Waals surface area contributed by atoms with Crippen molar-refractivity contribution in [2.45, 2.75) is 58.6 Å². The molecule has 1 aliphatic heterocycles. The standard InChI is InChI=1S/C23H28N6O4S/c1-6-32-20(30)17-12-34-19(26-17)15-7-9-29(22(31)33-23(3,4)5)18(15)16-11-14(2)25-21(27-16)28-10-8-24-13-28/h8,10-13,15,18H,6-7,9H2,1-5H3/t15-,18+/m0/s1. The lowest BCUT2D eigenvalue weighted by Crippen LogP contribution is -2.37. The summed E-state index contributed by atoms with van der Waals surface area (Å²) in [5.41, 5.74) is 1.07. The fraction of sp³-hybridized carbons (Fsp3) is 0.478. The average Bonchev–Trinajstić information content (AvgIpc) is 3.52. The minimum absolute atomic E-state index is 0.161. The van der Waals surface area contributed by atoms with Crippen LogP contribution in [-0.4, -0.2) is 60.2 Å². The zero-order chi connectivity index (χ0) is 24.5. The SMILES string of the molecule is CCOC(=O)c1csc([C@H]2CCN(C(=O)OC(C)(C)C)[C@H]2c2cc(C)nc(-n3ccnc3)n2)n1. The maximum Gasteiger partial charge on any atom is 0.410 e. The van der Waals surface area contributed by atoms with E-state index in [0.717, 1.165) is 10.7 Å². The first-order valence-electron chi connectivity index (χ1n) is 11.1. The van der Waals surface area contributed by atoms with Crippen molar-refractivity contribution < 1.29 is 19.1 Å². The average molecular weight is 485 g/mol. The van der Waals surface area contributed by atoms with Gasteiger partial charge in [0.1, 0.15) is 11.9 Å². The zero-order valence-corrected chi connectivity index (χ0v) is 20.7. The second-order valence-corrected chi connectivity index (χ2v) is 9.90. The number of carbonyl (C=O) groups excluding carboxylic acids is 2. The van der Waals surface area contributed by atoms with E-state index >= 15 is 0 Å². The van der Waals surface area contributed by atoms with E-state index in [9.17, 15) is 9.59 Å². The molecule has 4 heterocycles. The first-order valence-corrected chi connectivity index (χ1v) is 12.0. The second-order valence-electron chi connectivity index (χ2n) is 9.01. The molecule has 4 rings (SSSR count). The molecule has 0 aliphatic carbocycles. The predicted octanol–water partition coefficient (Wildman–Crippen LogP) is 4.07. The number of aryl methyl sites for hydroxylation is 1. The second kappa shape index (κ2) is 9.49. The smallest absolute Gasteiger partial charge is 0.410 e. The van der Waals surface area contributed by atoms with E-state index in [1.165, 1.54) is 11.3 Å². The highest BCUT2D eigenvalue weighted by Crippen LogP contribution is 2.45. The Morgan fingerprint density at radius 1 is 1.24 bits per heavy atom. The number of esters is 1. The molecule has 0 aromatic carbocycles. The summed E-state index contributed by atoms with van der Waals surface area (Å²) >= 11 is 1.38. The van der Waals surface area contributed by atoms with Gasteiger partial charge in [-0.3, -0.25) is 9.47 Å². The number of amides is 1. The summed E-state index contributed by atoms with van der Waals surface area (Å²) in [6.07, 6.45) is 5.29. The molecule has 34 heavy (non-hydrogen) atoms. The maximum atomic E-state index is 13.2. The third-order valence-corrected chi connectivity index (χ3v) is 6.23. The van der Waals surface area contributed by atoms with Crippen LogP contribution in [-0.2, 0) is 9.47 Å². The largest absolute Gasteiger partial charge is 0.461 e. The van der Waals surface area contributed by atoms with Crippen LogP contribution in [0.25, 0.3) is 5.95 Å². The molecule has 180 valence electrons. The molecular formula is C23H28N6O4S. The molecule has 1 amide bonds. The highest BCUT2D eigenvalue weighted by Gasteiger charge is 2.43. The molecule has 1 aliphatic rings. The number of imidazole rings is 1. The number of hydrogen-bond donors (Lipinski definition) is 0. The van der Waals surface area contributed by atoms with Crippen molar-refractivity contribution in [2.75, 3.05) is 13.2 Å². The van der Waals surface area contributed by atoms with E-state index in [4.69, 9.17) is 14.5 Å². The van der Waals surface area contributed by atoms with Gasteiger partial charge in [0.2, 0.25) is 5.95 Å². The molecule has 3 aromatic rings. The number of ether oxygens (including phenoxy) is 2. The summed E-state index contributed by atoms with van der Waals surface area (Å²) in [5, 5.41) is 2.45. The van der Waals surface area contributed by atoms with Crippen molar-refractivity contribution in [3.05, 3.63) is 52.3 Å². The Morgan fingerprint density at radius 2 is 2.03 bits per heavy atom. The van der Waals surface area contributed by atoms with Gasteiger partial charge in [-0.2, -0.15) is 0 Å². The quantitative estimate of drug-likeness (QED) is 0.498. The lowest BCUT2D eigenvalue weighted by molar-refractivity contribution is 0.0213. The Hall–Kier alpha value is -3.34. The van der Waals surface area contributed by atoms with E-state index in [2.05, 4.69) is 15.0 Å². The highest BCUT2D eigenvalue weighted by molar-refractivity contribution is 7.09.